The number of H-pyrrole nitrogens is 2. The highest BCUT2D eigenvalue weighted by Crippen LogP contribution is 2.30. The summed E-state index contributed by atoms with van der Waals surface area (Å²) in [7, 11) is 0. The van der Waals surface area contributed by atoms with Crippen LogP contribution < -0.4 is 0 Å². The zero-order valence-electron chi connectivity index (χ0n) is 17.5. The predicted molar refractivity (Wildman–Crippen MR) is 130 cm³/mol. The van der Waals surface area contributed by atoms with Gasteiger partial charge in [-0.3, -0.25) is 5.10 Å². The smallest absolute Gasteiger partial charge is 0.0785 e. The zero-order valence-corrected chi connectivity index (χ0v) is 18.3. The lowest BCUT2D eigenvalue weighted by Crippen LogP contribution is -2.29. The Morgan fingerprint density at radius 2 is 1.83 bits per heavy atom. The molecule has 0 saturated heterocycles. The summed E-state index contributed by atoms with van der Waals surface area (Å²) >= 11 is 4.91. The number of nitrogens with one attached hydrogen (secondary N) is 2. The first-order valence-corrected chi connectivity index (χ1v) is 9.89. The minimum absolute atomic E-state index is 0. The van der Waals surface area contributed by atoms with E-state index in [4.69, 9.17) is 12.2 Å². The first-order chi connectivity index (χ1) is 13.3. The average molecular weight is 418 g/mol. The monoisotopic (exact) mass is 417 g/mol. The van der Waals surface area contributed by atoms with Crippen molar-refractivity contribution in [3.05, 3.63) is 84.2 Å². The lowest BCUT2D eigenvalue weighted by molar-refractivity contribution is 0.109. The first kappa shape index (κ1) is 29.0. The second kappa shape index (κ2) is 17.8. The number of aliphatic hydroxyl groups is 1. The third kappa shape index (κ3) is 16.4. The SMILES string of the molecule is C.C1=CCCC=C1.C=CC(O)C(/C=C/C)C(C)(C)C.S=c1cccn[nH][nH]cc1. The molecular formula is C24H39N3OS. The molecule has 2 unspecified atom stereocenters. The van der Waals surface area contributed by atoms with E-state index in [1.54, 1.807) is 36.7 Å². The summed E-state index contributed by atoms with van der Waals surface area (Å²) in [5.41, 5.74) is 0.0834. The van der Waals surface area contributed by atoms with Gasteiger partial charge in [0.15, 0.2) is 0 Å². The Morgan fingerprint density at radius 1 is 1.21 bits per heavy atom. The van der Waals surface area contributed by atoms with E-state index >= 15 is 0 Å². The van der Waals surface area contributed by atoms with Gasteiger partial charge in [0.25, 0.3) is 0 Å². The Labute approximate surface area is 182 Å². The average Bonchev–Trinajstić information content (AvgIpc) is 2.80. The maximum absolute atomic E-state index is 9.62. The standard InChI is InChI=1S/C11H20O.C6H7N3S.C6H8.CH4/c1-6-8-9(10(12)7-2)11(3,4)5;10-6-2-1-4-7-9-8-5-3-6;1-2-4-6-5-3-1;/h6-10,12H,2H2,1,3-5H3;1-5,8-9H;1-4H,5-6H2;1H4/b8-6+;;;. The summed E-state index contributed by atoms with van der Waals surface area (Å²) in [6, 6.07) is 5.34. The van der Waals surface area contributed by atoms with Crippen molar-refractivity contribution in [2.75, 3.05) is 0 Å². The molecule has 4 nitrogen and oxygen atoms in total. The molecule has 1 aliphatic rings. The van der Waals surface area contributed by atoms with Gasteiger partial charge in [-0.25, -0.2) is 5.21 Å². The number of aromatic nitrogens is 3. The van der Waals surface area contributed by atoms with E-state index in [-0.39, 0.29) is 18.8 Å². The molecule has 1 aliphatic carbocycles. The van der Waals surface area contributed by atoms with Gasteiger partial charge in [-0.05, 0) is 43.4 Å². The third-order valence-corrected chi connectivity index (χ3v) is 4.05. The molecule has 0 aromatic carbocycles. The van der Waals surface area contributed by atoms with Crippen LogP contribution in [0.3, 0.4) is 0 Å². The highest BCUT2D eigenvalue weighted by atomic mass is 32.1. The van der Waals surface area contributed by atoms with Crippen molar-refractivity contribution >= 4 is 12.2 Å². The van der Waals surface area contributed by atoms with Gasteiger partial charge < -0.3 is 5.11 Å². The second-order valence-electron chi connectivity index (χ2n) is 7.21. The van der Waals surface area contributed by atoms with Crippen molar-refractivity contribution in [1.29, 1.82) is 0 Å². The molecule has 1 aromatic heterocycles. The number of aromatic amines is 2. The van der Waals surface area contributed by atoms with E-state index in [0.29, 0.717) is 0 Å². The van der Waals surface area contributed by atoms with Crippen LogP contribution in [0.5, 0.6) is 0 Å². The highest BCUT2D eigenvalue weighted by Gasteiger charge is 2.26. The molecule has 0 bridgehead atoms. The normalized spacial score (nSPS) is 14.1. The van der Waals surface area contributed by atoms with E-state index in [2.05, 4.69) is 67.1 Å². The maximum atomic E-state index is 9.62. The summed E-state index contributed by atoms with van der Waals surface area (Å²) in [6.07, 6.45) is 19.5. The molecule has 0 amide bonds. The van der Waals surface area contributed by atoms with Crippen molar-refractivity contribution in [3.63, 3.8) is 0 Å². The van der Waals surface area contributed by atoms with Gasteiger partial charge in [-0.2, -0.15) is 5.10 Å². The van der Waals surface area contributed by atoms with Gasteiger partial charge in [0.2, 0.25) is 0 Å². The Bertz CT molecular complexity index is 683. The minimum Gasteiger partial charge on any atom is -0.388 e. The van der Waals surface area contributed by atoms with Crippen molar-refractivity contribution in [2.24, 2.45) is 11.3 Å². The lowest BCUT2D eigenvalue weighted by atomic mass is 9.77. The van der Waals surface area contributed by atoms with Crippen LogP contribution >= 0.6 is 12.2 Å². The molecule has 0 radical (unpaired) electrons. The minimum atomic E-state index is -0.443. The maximum Gasteiger partial charge on any atom is 0.0785 e. The summed E-state index contributed by atoms with van der Waals surface area (Å²) in [5, 5.41) is 18.6. The van der Waals surface area contributed by atoms with Crippen LogP contribution in [0.4, 0.5) is 0 Å². The molecule has 162 valence electrons. The molecule has 0 saturated carbocycles. The summed E-state index contributed by atoms with van der Waals surface area (Å²) in [6.45, 7) is 11.9. The van der Waals surface area contributed by atoms with Gasteiger partial charge in [-0.15, -0.1) is 6.58 Å². The number of aliphatic hydroxyl groups excluding tert-OH is 1. The van der Waals surface area contributed by atoms with Crippen molar-refractivity contribution < 1.29 is 5.11 Å². The van der Waals surface area contributed by atoms with Crippen molar-refractivity contribution in [1.82, 2.24) is 15.4 Å². The van der Waals surface area contributed by atoms with Crippen LogP contribution in [0, 0.1) is 15.8 Å². The molecule has 0 spiro atoms. The molecule has 5 heteroatoms. The molecule has 1 aromatic rings. The van der Waals surface area contributed by atoms with E-state index in [1.807, 2.05) is 19.1 Å². The van der Waals surface area contributed by atoms with Crippen LogP contribution in [0.1, 0.15) is 48.0 Å². The third-order valence-electron chi connectivity index (χ3n) is 3.77. The number of hydrogen-bond donors (Lipinski definition) is 3. The molecule has 29 heavy (non-hydrogen) atoms. The van der Waals surface area contributed by atoms with Crippen LogP contribution in [0.25, 0.3) is 0 Å². The number of allylic oxidation sites excluding steroid dienone is 5. The highest BCUT2D eigenvalue weighted by molar-refractivity contribution is 7.71. The van der Waals surface area contributed by atoms with Crippen molar-refractivity contribution in [3.8, 4) is 0 Å². The van der Waals surface area contributed by atoms with E-state index in [9.17, 15) is 5.11 Å². The fourth-order valence-corrected chi connectivity index (χ4v) is 2.43. The van der Waals surface area contributed by atoms with Gasteiger partial charge in [-0.1, -0.05) is 82.9 Å². The second-order valence-corrected chi connectivity index (χ2v) is 7.68. The summed E-state index contributed by atoms with van der Waals surface area (Å²) in [5.74, 6) is 0.153. The Hall–Kier alpha value is -2.24. The fraction of sp³-hybridized carbons (Fsp3) is 0.417. The quantitative estimate of drug-likeness (QED) is 0.370. The van der Waals surface area contributed by atoms with Gasteiger partial charge in [0, 0.05) is 22.8 Å². The molecule has 2 atom stereocenters. The fourth-order valence-electron chi connectivity index (χ4n) is 2.28. The van der Waals surface area contributed by atoms with Crippen molar-refractivity contribution in [2.45, 2.75) is 54.1 Å². The molecule has 1 heterocycles. The van der Waals surface area contributed by atoms with E-state index in [1.165, 1.54) is 12.8 Å². The predicted octanol–water partition coefficient (Wildman–Crippen LogP) is 6.89. The summed E-state index contributed by atoms with van der Waals surface area (Å²) < 4.78 is 0.766. The molecular weight excluding hydrogens is 378 g/mol. The Kier molecular flexibility index (Phi) is 17.8. The van der Waals surface area contributed by atoms with E-state index < -0.39 is 6.10 Å². The Balaban J connectivity index is 0. The van der Waals surface area contributed by atoms with E-state index in [0.717, 1.165) is 4.51 Å². The Morgan fingerprint density at radius 3 is 2.28 bits per heavy atom. The van der Waals surface area contributed by atoms with Crippen LogP contribution in [-0.2, 0) is 0 Å². The number of hydrogen-bond acceptors (Lipinski definition) is 3. The zero-order chi connectivity index (χ0) is 21.3. The van der Waals surface area contributed by atoms with Crippen LogP contribution in [0.2, 0.25) is 0 Å². The van der Waals surface area contributed by atoms with Gasteiger partial charge in [0.1, 0.15) is 0 Å². The number of rotatable bonds is 3. The van der Waals surface area contributed by atoms with Crippen LogP contribution in [0.15, 0.2) is 79.7 Å². The first-order valence-electron chi connectivity index (χ1n) is 9.48. The number of nitrogens with zero attached hydrogens (tertiary/aromatic N) is 1. The van der Waals surface area contributed by atoms with Crippen LogP contribution in [-0.4, -0.2) is 26.6 Å². The molecule has 3 N–H and O–H groups in total. The van der Waals surface area contributed by atoms with Gasteiger partial charge in [0.05, 0.1) is 6.10 Å². The molecule has 0 aliphatic heterocycles. The summed E-state index contributed by atoms with van der Waals surface area (Å²) in [4.78, 5) is 0. The largest absolute Gasteiger partial charge is 0.388 e. The molecule has 0 fully saturated rings. The topological polar surface area (TPSA) is 64.7 Å². The van der Waals surface area contributed by atoms with Gasteiger partial charge >= 0.3 is 0 Å². The lowest BCUT2D eigenvalue weighted by Gasteiger charge is -2.30. The molecule has 2 rings (SSSR count).